The summed E-state index contributed by atoms with van der Waals surface area (Å²) < 4.78 is 56.5. The van der Waals surface area contributed by atoms with Crippen molar-refractivity contribution in [3.8, 4) is 11.3 Å². The highest BCUT2D eigenvalue weighted by molar-refractivity contribution is 7.92. The Balaban J connectivity index is 1.77. The zero-order valence-corrected chi connectivity index (χ0v) is 20.1. The van der Waals surface area contributed by atoms with Crippen LogP contribution in [-0.2, 0) is 16.4 Å². The predicted octanol–water partition coefficient (Wildman–Crippen LogP) is 4.01. The van der Waals surface area contributed by atoms with Crippen LogP contribution in [0.25, 0.3) is 16.9 Å². The Kier molecular flexibility index (Phi) is 6.57. The lowest BCUT2D eigenvalue weighted by atomic mass is 10.1. The van der Waals surface area contributed by atoms with Crippen molar-refractivity contribution in [2.45, 2.75) is 52.0 Å². The smallest absolute Gasteiger partial charge is 0.272 e. The van der Waals surface area contributed by atoms with Crippen LogP contribution in [-0.4, -0.2) is 52.7 Å². The Labute approximate surface area is 197 Å². The van der Waals surface area contributed by atoms with E-state index in [0.717, 1.165) is 38.0 Å². The van der Waals surface area contributed by atoms with E-state index in [1.807, 2.05) is 13.8 Å². The van der Waals surface area contributed by atoms with Crippen molar-refractivity contribution in [1.29, 1.82) is 0 Å². The number of halogens is 2. The number of fused-ring (bicyclic) bond motifs is 1. The molecule has 2 aromatic heterocycles. The third kappa shape index (κ3) is 4.75. The van der Waals surface area contributed by atoms with Crippen LogP contribution in [0, 0.1) is 11.6 Å². The molecule has 0 aliphatic carbocycles. The number of carbonyl (C=O) groups is 1. The Morgan fingerprint density at radius 3 is 2.65 bits per heavy atom. The number of rotatable bonds is 5. The van der Waals surface area contributed by atoms with Crippen LogP contribution in [0.15, 0.2) is 24.3 Å². The third-order valence-electron chi connectivity index (χ3n) is 6.03. The van der Waals surface area contributed by atoms with E-state index < -0.39 is 21.7 Å². The second-order valence-electron chi connectivity index (χ2n) is 8.65. The fourth-order valence-corrected chi connectivity index (χ4v) is 4.85. The van der Waals surface area contributed by atoms with Crippen molar-refractivity contribution < 1.29 is 22.0 Å². The van der Waals surface area contributed by atoms with Crippen molar-refractivity contribution >= 4 is 27.3 Å². The second-order valence-corrected chi connectivity index (χ2v) is 10.4. The molecule has 0 saturated carbocycles. The fraction of sp³-hybridized carbons (Fsp3) is 0.435. The molecule has 1 N–H and O–H groups in total. The monoisotopic (exact) mass is 491 g/mol. The summed E-state index contributed by atoms with van der Waals surface area (Å²) in [6, 6.07) is 5.22. The number of aryl methyl sites for hydroxylation is 1. The van der Waals surface area contributed by atoms with Crippen molar-refractivity contribution in [3.63, 3.8) is 0 Å². The van der Waals surface area contributed by atoms with Gasteiger partial charge in [0.05, 0.1) is 11.9 Å². The minimum atomic E-state index is -3.59. The van der Waals surface area contributed by atoms with E-state index in [2.05, 4.69) is 14.8 Å². The first-order chi connectivity index (χ1) is 16.1. The largest absolute Gasteiger partial charge is 0.335 e. The zero-order valence-electron chi connectivity index (χ0n) is 19.3. The lowest BCUT2D eigenvalue weighted by Crippen LogP contribution is -2.38. The molecule has 182 valence electrons. The number of nitrogens with one attached hydrogen (secondary N) is 1. The van der Waals surface area contributed by atoms with Crippen LogP contribution >= 0.6 is 0 Å². The maximum atomic E-state index is 15.5. The summed E-state index contributed by atoms with van der Waals surface area (Å²) in [4.78, 5) is 19.3. The molecule has 3 aromatic rings. The summed E-state index contributed by atoms with van der Waals surface area (Å²) in [5.41, 5.74) is 0.155. The van der Waals surface area contributed by atoms with Gasteiger partial charge in [-0.2, -0.15) is 5.10 Å². The number of hydrogen-bond acceptors (Lipinski definition) is 5. The van der Waals surface area contributed by atoms with E-state index in [-0.39, 0.29) is 40.2 Å². The van der Waals surface area contributed by atoms with Crippen LogP contribution in [0.2, 0.25) is 0 Å². The normalized spacial score (nSPS) is 17.1. The quantitative estimate of drug-likeness (QED) is 0.582. The SMILES string of the molecule is CCc1cc(C(=O)N2CCCCCC2C)nc2c(F)c(-c3ccc(NS(C)(=O)=O)cc3F)nn12. The van der Waals surface area contributed by atoms with Gasteiger partial charge >= 0.3 is 0 Å². The maximum Gasteiger partial charge on any atom is 0.272 e. The molecule has 0 spiro atoms. The molecule has 1 unspecified atom stereocenters. The summed E-state index contributed by atoms with van der Waals surface area (Å²) in [5.74, 6) is -1.95. The number of anilines is 1. The minimum absolute atomic E-state index is 0.0137. The molecular formula is C23H27F2N5O3S. The molecule has 8 nitrogen and oxygen atoms in total. The maximum absolute atomic E-state index is 15.5. The van der Waals surface area contributed by atoms with Crippen LogP contribution in [0.1, 0.15) is 55.7 Å². The predicted molar refractivity (Wildman–Crippen MR) is 125 cm³/mol. The van der Waals surface area contributed by atoms with Gasteiger partial charge in [-0.05, 0) is 50.5 Å². The van der Waals surface area contributed by atoms with Gasteiger partial charge in [0.2, 0.25) is 10.0 Å². The zero-order chi connectivity index (χ0) is 24.6. The van der Waals surface area contributed by atoms with Gasteiger partial charge in [-0.15, -0.1) is 0 Å². The standard InChI is InChI=1S/C23H27F2N5O3S/c1-4-16-13-19(23(31)29-11-7-5-6-8-14(29)2)26-22-20(25)21(27-30(16)22)17-10-9-15(12-18(17)24)28-34(3,32)33/h9-10,12-14,28H,4-8,11H2,1-3H3. The first-order valence-electron chi connectivity index (χ1n) is 11.3. The second kappa shape index (κ2) is 9.28. The van der Waals surface area contributed by atoms with Crippen LogP contribution in [0.5, 0.6) is 0 Å². The summed E-state index contributed by atoms with van der Waals surface area (Å²) in [7, 11) is -3.59. The lowest BCUT2D eigenvalue weighted by Gasteiger charge is -2.27. The minimum Gasteiger partial charge on any atom is -0.335 e. The first kappa shape index (κ1) is 24.1. The van der Waals surface area contributed by atoms with Crippen molar-refractivity contribution in [2.24, 2.45) is 0 Å². The Bertz CT molecular complexity index is 1360. The number of amides is 1. The van der Waals surface area contributed by atoms with E-state index in [1.54, 1.807) is 11.0 Å². The van der Waals surface area contributed by atoms with Crippen molar-refractivity contribution in [3.05, 3.63) is 47.3 Å². The topological polar surface area (TPSA) is 96.7 Å². The molecule has 1 aromatic carbocycles. The molecule has 1 amide bonds. The molecule has 34 heavy (non-hydrogen) atoms. The van der Waals surface area contributed by atoms with Gasteiger partial charge in [-0.3, -0.25) is 9.52 Å². The molecule has 1 fully saturated rings. The van der Waals surface area contributed by atoms with Gasteiger partial charge in [0.25, 0.3) is 5.91 Å². The fourth-order valence-electron chi connectivity index (χ4n) is 4.29. The van der Waals surface area contributed by atoms with E-state index in [1.165, 1.54) is 16.6 Å². The van der Waals surface area contributed by atoms with Crippen LogP contribution in [0.3, 0.4) is 0 Å². The first-order valence-corrected chi connectivity index (χ1v) is 13.1. The summed E-state index contributed by atoms with van der Waals surface area (Å²) >= 11 is 0. The van der Waals surface area contributed by atoms with Gasteiger partial charge in [-0.1, -0.05) is 19.8 Å². The van der Waals surface area contributed by atoms with Gasteiger partial charge in [0, 0.05) is 23.8 Å². The van der Waals surface area contributed by atoms with Crippen molar-refractivity contribution in [1.82, 2.24) is 19.5 Å². The van der Waals surface area contributed by atoms with Crippen molar-refractivity contribution in [2.75, 3.05) is 17.5 Å². The molecule has 4 rings (SSSR count). The van der Waals surface area contributed by atoms with E-state index >= 15 is 4.39 Å². The van der Waals surface area contributed by atoms with E-state index in [0.29, 0.717) is 18.7 Å². The van der Waals surface area contributed by atoms with Gasteiger partial charge in [0.1, 0.15) is 17.2 Å². The molecule has 0 radical (unpaired) electrons. The Morgan fingerprint density at radius 2 is 1.97 bits per heavy atom. The summed E-state index contributed by atoms with van der Waals surface area (Å²) in [6.07, 6.45) is 5.34. The number of carbonyl (C=O) groups excluding carboxylic acids is 1. The van der Waals surface area contributed by atoms with E-state index in [9.17, 15) is 17.6 Å². The lowest BCUT2D eigenvalue weighted by molar-refractivity contribution is 0.0691. The van der Waals surface area contributed by atoms with Crippen LogP contribution in [0.4, 0.5) is 14.5 Å². The molecule has 1 aliphatic rings. The Morgan fingerprint density at radius 1 is 1.21 bits per heavy atom. The average Bonchev–Trinajstić information content (AvgIpc) is 2.95. The highest BCUT2D eigenvalue weighted by atomic mass is 32.2. The van der Waals surface area contributed by atoms with Crippen LogP contribution < -0.4 is 4.72 Å². The number of hydrogen-bond donors (Lipinski definition) is 1. The number of sulfonamides is 1. The molecule has 1 aliphatic heterocycles. The molecule has 11 heteroatoms. The third-order valence-corrected chi connectivity index (χ3v) is 6.64. The molecule has 1 saturated heterocycles. The molecule has 1 atom stereocenters. The van der Waals surface area contributed by atoms with E-state index in [4.69, 9.17) is 0 Å². The van der Waals surface area contributed by atoms with Gasteiger partial charge in [0.15, 0.2) is 11.5 Å². The average molecular weight is 492 g/mol. The summed E-state index contributed by atoms with van der Waals surface area (Å²) in [6.45, 7) is 4.48. The van der Waals surface area contributed by atoms with Gasteiger partial charge in [-0.25, -0.2) is 26.7 Å². The molecular weight excluding hydrogens is 464 g/mol. The Hall–Kier alpha value is -3.08. The molecule has 0 bridgehead atoms. The number of nitrogens with zero attached hydrogens (tertiary/aromatic N) is 4. The number of likely N-dealkylation sites (tertiary alicyclic amines) is 1. The highest BCUT2D eigenvalue weighted by Crippen LogP contribution is 2.29. The summed E-state index contributed by atoms with van der Waals surface area (Å²) in [5, 5.41) is 4.24. The molecule has 3 heterocycles. The number of aromatic nitrogens is 3. The van der Waals surface area contributed by atoms with Gasteiger partial charge < -0.3 is 4.90 Å². The number of benzene rings is 1. The highest BCUT2D eigenvalue weighted by Gasteiger charge is 2.27.